The number of aromatic nitrogens is 1. The number of hydrogen-bond donors (Lipinski definition) is 2. The van der Waals surface area contributed by atoms with Gasteiger partial charge in [-0.2, -0.15) is 4.31 Å². The molecule has 3 rings (SSSR count). The van der Waals surface area contributed by atoms with Gasteiger partial charge in [-0.3, -0.25) is 15.1 Å². The highest BCUT2D eigenvalue weighted by Crippen LogP contribution is 2.22. The summed E-state index contributed by atoms with van der Waals surface area (Å²) in [5.41, 5.74) is 1.42. The third-order valence-corrected chi connectivity index (χ3v) is 7.01. The van der Waals surface area contributed by atoms with Crippen LogP contribution in [0.25, 0.3) is 0 Å². The quantitative estimate of drug-likeness (QED) is 0.724. The van der Waals surface area contributed by atoms with E-state index in [-0.39, 0.29) is 16.8 Å². The van der Waals surface area contributed by atoms with E-state index in [0.29, 0.717) is 18.8 Å². The molecule has 2 N–H and O–H groups in total. The fourth-order valence-electron chi connectivity index (χ4n) is 3.38. The molecule has 7 nitrogen and oxygen atoms in total. The Labute approximate surface area is 172 Å². The Kier molecular flexibility index (Phi) is 7.00. The third kappa shape index (κ3) is 5.41. The minimum absolute atomic E-state index is 0.0750. The van der Waals surface area contributed by atoms with Crippen LogP contribution in [0.5, 0.6) is 0 Å². The van der Waals surface area contributed by atoms with Gasteiger partial charge in [0, 0.05) is 31.0 Å². The highest BCUT2D eigenvalue weighted by molar-refractivity contribution is 7.89. The lowest BCUT2D eigenvalue weighted by Gasteiger charge is -2.26. The van der Waals surface area contributed by atoms with Gasteiger partial charge in [0.05, 0.1) is 16.6 Å². The predicted octanol–water partition coefficient (Wildman–Crippen LogP) is 2.93. The molecule has 0 saturated carbocycles. The molecule has 0 bridgehead atoms. The first-order valence-corrected chi connectivity index (χ1v) is 11.4. The molecule has 8 heteroatoms. The number of rotatable bonds is 7. The van der Waals surface area contributed by atoms with E-state index < -0.39 is 16.1 Å². The minimum Gasteiger partial charge on any atom is -0.325 e. The van der Waals surface area contributed by atoms with Crippen molar-refractivity contribution in [1.82, 2.24) is 14.6 Å². The van der Waals surface area contributed by atoms with Crippen LogP contribution in [0.4, 0.5) is 5.69 Å². The topological polar surface area (TPSA) is 91.4 Å². The summed E-state index contributed by atoms with van der Waals surface area (Å²) in [6.07, 6.45) is 4.59. The maximum absolute atomic E-state index is 12.7. The number of nitrogens with one attached hydrogen (secondary N) is 2. The molecule has 2 aromatic rings. The second kappa shape index (κ2) is 9.47. The Hall–Kier alpha value is -2.29. The third-order valence-electron chi connectivity index (χ3n) is 5.10. The monoisotopic (exact) mass is 416 g/mol. The highest BCUT2D eigenvalue weighted by Gasteiger charge is 2.26. The van der Waals surface area contributed by atoms with Gasteiger partial charge >= 0.3 is 0 Å². The molecular formula is C21H28N4O3S. The van der Waals surface area contributed by atoms with Gasteiger partial charge in [-0.25, -0.2) is 8.42 Å². The van der Waals surface area contributed by atoms with Crippen LogP contribution >= 0.6 is 0 Å². The molecule has 1 saturated heterocycles. The minimum atomic E-state index is -3.47. The van der Waals surface area contributed by atoms with Crippen LogP contribution < -0.4 is 10.6 Å². The maximum Gasteiger partial charge on any atom is 0.243 e. The zero-order valence-electron chi connectivity index (χ0n) is 16.8. The summed E-state index contributed by atoms with van der Waals surface area (Å²) in [4.78, 5) is 17.0. The van der Waals surface area contributed by atoms with Crippen molar-refractivity contribution in [2.75, 3.05) is 18.4 Å². The molecule has 2 heterocycles. The Morgan fingerprint density at radius 1 is 1.03 bits per heavy atom. The lowest BCUT2D eigenvalue weighted by Crippen LogP contribution is -2.39. The second-order valence-corrected chi connectivity index (χ2v) is 9.28. The van der Waals surface area contributed by atoms with Crippen molar-refractivity contribution >= 4 is 21.6 Å². The van der Waals surface area contributed by atoms with Crippen LogP contribution in [0.1, 0.15) is 44.8 Å². The predicted molar refractivity (Wildman–Crippen MR) is 113 cm³/mol. The number of piperidine rings is 1. The second-order valence-electron chi connectivity index (χ2n) is 7.34. The smallest absolute Gasteiger partial charge is 0.243 e. The average Bonchev–Trinajstić information content (AvgIpc) is 2.75. The number of carbonyl (C=O) groups is 1. The lowest BCUT2D eigenvalue weighted by atomic mass is 10.2. The number of pyridine rings is 1. The summed E-state index contributed by atoms with van der Waals surface area (Å²) in [7, 11) is -3.47. The van der Waals surface area contributed by atoms with Crippen LogP contribution in [0, 0.1) is 0 Å². The Morgan fingerprint density at radius 2 is 1.72 bits per heavy atom. The molecule has 1 aromatic heterocycles. The first-order valence-electron chi connectivity index (χ1n) is 9.96. The van der Waals surface area contributed by atoms with Gasteiger partial charge in [-0.1, -0.05) is 12.5 Å². The molecule has 2 unspecified atom stereocenters. The standard InChI is InChI=1S/C21H28N4O3S/c1-16(20-8-4-5-13-22-20)23-17(2)21(26)24-18-9-11-19(12-10-18)29(27,28)25-14-6-3-7-15-25/h4-5,8-13,16-17,23H,3,6-7,14-15H2,1-2H3,(H,24,26). The van der Waals surface area contributed by atoms with Crippen LogP contribution in [0.2, 0.25) is 0 Å². The lowest BCUT2D eigenvalue weighted by molar-refractivity contribution is -0.117. The van der Waals surface area contributed by atoms with Crippen molar-refractivity contribution in [1.29, 1.82) is 0 Å². The van der Waals surface area contributed by atoms with Crippen molar-refractivity contribution in [3.63, 3.8) is 0 Å². The molecule has 1 aliphatic heterocycles. The first-order chi connectivity index (χ1) is 13.9. The molecular weight excluding hydrogens is 388 g/mol. The number of carbonyl (C=O) groups excluding carboxylic acids is 1. The fourth-order valence-corrected chi connectivity index (χ4v) is 4.90. The van der Waals surface area contributed by atoms with Gasteiger partial charge in [-0.05, 0) is 63.1 Å². The zero-order chi connectivity index (χ0) is 20.9. The number of sulfonamides is 1. The van der Waals surface area contributed by atoms with E-state index in [4.69, 9.17) is 0 Å². The van der Waals surface area contributed by atoms with Crippen molar-refractivity contribution in [3.05, 3.63) is 54.4 Å². The van der Waals surface area contributed by atoms with E-state index >= 15 is 0 Å². The van der Waals surface area contributed by atoms with Crippen molar-refractivity contribution < 1.29 is 13.2 Å². The summed E-state index contributed by atoms with van der Waals surface area (Å²) in [6.45, 7) is 4.87. The van der Waals surface area contributed by atoms with Gasteiger partial charge in [0.2, 0.25) is 15.9 Å². The first kappa shape index (κ1) is 21.4. The average molecular weight is 417 g/mol. The van der Waals surface area contributed by atoms with Crippen molar-refractivity contribution in [2.45, 2.75) is 50.1 Å². The van der Waals surface area contributed by atoms with E-state index in [1.165, 1.54) is 4.31 Å². The Balaban J connectivity index is 1.59. The molecule has 29 heavy (non-hydrogen) atoms. The van der Waals surface area contributed by atoms with Crippen molar-refractivity contribution in [3.8, 4) is 0 Å². The molecule has 1 amide bonds. The van der Waals surface area contributed by atoms with Gasteiger partial charge < -0.3 is 5.32 Å². The molecule has 2 atom stereocenters. The van der Waals surface area contributed by atoms with E-state index in [9.17, 15) is 13.2 Å². The van der Waals surface area contributed by atoms with Gasteiger partial charge in [0.1, 0.15) is 0 Å². The number of benzene rings is 1. The summed E-state index contributed by atoms with van der Waals surface area (Å²) in [5, 5.41) is 6.04. The SMILES string of the molecule is CC(NC(C)c1ccccn1)C(=O)Nc1ccc(S(=O)(=O)N2CCCCC2)cc1. The molecule has 1 aliphatic rings. The Bertz CT molecular complexity index is 911. The van der Waals surface area contributed by atoms with Gasteiger partial charge in [0.15, 0.2) is 0 Å². The maximum atomic E-state index is 12.7. The normalized spacial score (nSPS) is 17.4. The number of hydrogen-bond acceptors (Lipinski definition) is 5. The van der Waals surface area contributed by atoms with Gasteiger partial charge in [0.25, 0.3) is 0 Å². The molecule has 0 spiro atoms. The molecule has 156 valence electrons. The number of anilines is 1. The van der Waals surface area contributed by atoms with E-state index in [2.05, 4.69) is 15.6 Å². The fraction of sp³-hybridized carbons (Fsp3) is 0.429. The highest BCUT2D eigenvalue weighted by atomic mass is 32.2. The van der Waals surface area contributed by atoms with E-state index in [1.807, 2.05) is 25.1 Å². The summed E-state index contributed by atoms with van der Waals surface area (Å²) >= 11 is 0. The van der Waals surface area contributed by atoms with Crippen LogP contribution in [0.15, 0.2) is 53.6 Å². The van der Waals surface area contributed by atoms with E-state index in [0.717, 1.165) is 25.0 Å². The largest absolute Gasteiger partial charge is 0.325 e. The van der Waals surface area contributed by atoms with Crippen molar-refractivity contribution in [2.24, 2.45) is 0 Å². The summed E-state index contributed by atoms with van der Waals surface area (Å²) in [5.74, 6) is -0.195. The van der Waals surface area contributed by atoms with Crippen LogP contribution in [-0.4, -0.2) is 42.7 Å². The Morgan fingerprint density at radius 3 is 2.34 bits per heavy atom. The van der Waals surface area contributed by atoms with E-state index in [1.54, 1.807) is 37.4 Å². The van der Waals surface area contributed by atoms with Gasteiger partial charge in [-0.15, -0.1) is 0 Å². The molecule has 1 fully saturated rings. The molecule has 1 aromatic carbocycles. The zero-order valence-corrected chi connectivity index (χ0v) is 17.7. The van der Waals surface area contributed by atoms with Crippen LogP contribution in [-0.2, 0) is 14.8 Å². The molecule has 0 aliphatic carbocycles. The number of amides is 1. The van der Waals surface area contributed by atoms with Crippen LogP contribution in [0.3, 0.4) is 0 Å². The summed E-state index contributed by atoms with van der Waals surface area (Å²) < 4.78 is 27.0. The molecule has 0 radical (unpaired) electrons. The summed E-state index contributed by atoms with van der Waals surface area (Å²) in [6, 6.07) is 11.5. The number of nitrogens with zero attached hydrogens (tertiary/aromatic N) is 2.